The fourth-order valence-corrected chi connectivity index (χ4v) is 3.56. The highest BCUT2D eigenvalue weighted by molar-refractivity contribution is 5.95. The van der Waals surface area contributed by atoms with Crippen LogP contribution in [0.15, 0.2) is 22.7 Å². The summed E-state index contributed by atoms with van der Waals surface area (Å²) in [5.74, 6) is 3.49. The Kier molecular flexibility index (Phi) is 3.12. The van der Waals surface area contributed by atoms with Gasteiger partial charge >= 0.3 is 0 Å². The van der Waals surface area contributed by atoms with Crippen LogP contribution in [0.4, 0.5) is 0 Å². The predicted octanol–water partition coefficient (Wildman–Crippen LogP) is 1.63. The number of hydrogen-bond donors (Lipinski definition) is 1. The molecule has 112 valence electrons. The fourth-order valence-electron chi connectivity index (χ4n) is 3.56. The van der Waals surface area contributed by atoms with Gasteiger partial charge < -0.3 is 14.6 Å². The molecular formula is C17H17N3O2. The molecule has 1 unspecified atom stereocenters. The molecule has 0 saturated carbocycles. The van der Waals surface area contributed by atoms with E-state index in [2.05, 4.69) is 21.1 Å². The van der Waals surface area contributed by atoms with Gasteiger partial charge in [-0.25, -0.2) is 4.98 Å². The number of piperidine rings is 1. The lowest BCUT2D eigenvalue weighted by Gasteiger charge is -2.30. The van der Waals surface area contributed by atoms with Gasteiger partial charge in [0.15, 0.2) is 11.3 Å². The second-order valence-corrected chi connectivity index (χ2v) is 6.18. The number of rotatable bonds is 2. The van der Waals surface area contributed by atoms with E-state index < -0.39 is 0 Å². The topological polar surface area (TPSA) is 58.4 Å². The van der Waals surface area contributed by atoms with Crippen molar-refractivity contribution in [1.29, 1.82) is 0 Å². The van der Waals surface area contributed by atoms with Crippen molar-refractivity contribution in [1.82, 2.24) is 15.2 Å². The van der Waals surface area contributed by atoms with Crippen molar-refractivity contribution in [2.45, 2.75) is 18.9 Å². The summed E-state index contributed by atoms with van der Waals surface area (Å²) in [6.07, 6.45) is 9.19. The van der Waals surface area contributed by atoms with E-state index in [0.29, 0.717) is 17.0 Å². The van der Waals surface area contributed by atoms with Crippen LogP contribution in [0.25, 0.3) is 11.0 Å². The molecule has 2 fully saturated rings. The first-order valence-electron chi connectivity index (χ1n) is 7.60. The lowest BCUT2D eigenvalue weighted by atomic mass is 9.97. The van der Waals surface area contributed by atoms with E-state index >= 15 is 0 Å². The fraction of sp³-hybridized carbons (Fsp3) is 0.412. The first-order chi connectivity index (χ1) is 10.7. The van der Waals surface area contributed by atoms with Gasteiger partial charge in [-0.15, -0.1) is 6.42 Å². The van der Waals surface area contributed by atoms with Gasteiger partial charge in [0.2, 0.25) is 0 Å². The summed E-state index contributed by atoms with van der Waals surface area (Å²) in [6, 6.07) is 3.70. The Hall–Kier alpha value is -2.32. The van der Waals surface area contributed by atoms with Crippen LogP contribution in [0.3, 0.4) is 0 Å². The minimum Gasteiger partial charge on any atom is -0.446 e. The van der Waals surface area contributed by atoms with Gasteiger partial charge in [-0.05, 0) is 37.3 Å². The average molecular weight is 295 g/mol. The molecule has 4 heterocycles. The van der Waals surface area contributed by atoms with Gasteiger partial charge in [-0.2, -0.15) is 0 Å². The third kappa shape index (κ3) is 2.36. The standard InChI is InChI=1S/C17H17N3O2/c1-2-14-6-12-7-15(18-8-16(12)22-14)17(21)19-13-5-11-3-4-20(9-11)10-13/h1,6-8,11,13H,3-5,9-10H2,(H,19,21)/t11-,13-/m1/s1. The lowest BCUT2D eigenvalue weighted by molar-refractivity contribution is 0.0904. The molecule has 0 radical (unpaired) electrons. The van der Waals surface area contributed by atoms with Gasteiger partial charge in [0.05, 0.1) is 6.20 Å². The van der Waals surface area contributed by atoms with E-state index in [0.717, 1.165) is 30.8 Å². The summed E-state index contributed by atoms with van der Waals surface area (Å²) in [5, 5.41) is 3.91. The van der Waals surface area contributed by atoms with Crippen molar-refractivity contribution in [3.05, 3.63) is 29.8 Å². The number of nitrogens with one attached hydrogen (secondary N) is 1. The number of fused-ring (bicyclic) bond motifs is 3. The number of hydrogen-bond acceptors (Lipinski definition) is 4. The number of carbonyl (C=O) groups excluding carboxylic acids is 1. The molecule has 2 aliphatic rings. The lowest BCUT2D eigenvalue weighted by Crippen LogP contribution is -2.47. The molecule has 1 amide bonds. The van der Waals surface area contributed by atoms with Gasteiger partial charge in [0.25, 0.3) is 5.91 Å². The Morgan fingerprint density at radius 2 is 2.36 bits per heavy atom. The van der Waals surface area contributed by atoms with E-state index in [-0.39, 0.29) is 11.9 Å². The molecule has 5 nitrogen and oxygen atoms in total. The Morgan fingerprint density at radius 1 is 1.45 bits per heavy atom. The van der Waals surface area contributed by atoms with Gasteiger partial charge in [-0.1, -0.05) is 0 Å². The molecule has 0 aliphatic carbocycles. The van der Waals surface area contributed by atoms with Gasteiger partial charge in [0.1, 0.15) is 5.69 Å². The number of terminal acetylenes is 1. The number of pyridine rings is 1. The summed E-state index contributed by atoms with van der Waals surface area (Å²) in [7, 11) is 0. The second kappa shape index (κ2) is 5.15. The minimum atomic E-state index is -0.127. The molecule has 2 aromatic rings. The maximum atomic E-state index is 12.4. The molecule has 0 aromatic carbocycles. The van der Waals surface area contributed by atoms with Crippen LogP contribution in [0.2, 0.25) is 0 Å². The summed E-state index contributed by atoms with van der Waals surface area (Å²) >= 11 is 0. The molecule has 2 aliphatic heterocycles. The molecule has 5 heteroatoms. The molecular weight excluding hydrogens is 278 g/mol. The summed E-state index contributed by atoms with van der Waals surface area (Å²) < 4.78 is 5.40. The van der Waals surface area contributed by atoms with Gasteiger partial charge in [0, 0.05) is 30.6 Å². The smallest absolute Gasteiger partial charge is 0.270 e. The molecule has 2 aromatic heterocycles. The Morgan fingerprint density at radius 3 is 3.18 bits per heavy atom. The van der Waals surface area contributed by atoms with Crippen LogP contribution < -0.4 is 5.32 Å². The highest BCUT2D eigenvalue weighted by atomic mass is 16.3. The summed E-state index contributed by atoms with van der Waals surface area (Å²) in [5.41, 5.74) is 1.01. The molecule has 1 N–H and O–H groups in total. The van der Waals surface area contributed by atoms with Crippen LogP contribution in [0.1, 0.15) is 29.1 Å². The SMILES string of the molecule is C#Cc1cc2cc(C(=O)N[C@@H]3C[C@H]4CCN(C4)C3)ncc2o1. The number of amides is 1. The minimum absolute atomic E-state index is 0.127. The highest BCUT2D eigenvalue weighted by Gasteiger charge is 2.33. The highest BCUT2D eigenvalue weighted by Crippen LogP contribution is 2.27. The Labute approximate surface area is 128 Å². The number of furan rings is 1. The van der Waals surface area contributed by atoms with E-state index in [1.807, 2.05) is 0 Å². The first-order valence-corrected chi connectivity index (χ1v) is 7.60. The third-order valence-corrected chi connectivity index (χ3v) is 4.58. The van der Waals surface area contributed by atoms with E-state index in [1.54, 1.807) is 18.3 Å². The Bertz CT molecular complexity index is 762. The van der Waals surface area contributed by atoms with Crippen molar-refractivity contribution in [3.8, 4) is 12.3 Å². The Balaban J connectivity index is 1.51. The molecule has 2 saturated heterocycles. The molecule has 0 spiro atoms. The zero-order valence-corrected chi connectivity index (χ0v) is 12.2. The van der Waals surface area contributed by atoms with Gasteiger partial charge in [-0.3, -0.25) is 4.79 Å². The van der Waals surface area contributed by atoms with E-state index in [9.17, 15) is 4.79 Å². The molecule has 4 rings (SSSR count). The largest absolute Gasteiger partial charge is 0.446 e. The van der Waals surface area contributed by atoms with Crippen LogP contribution in [-0.2, 0) is 0 Å². The summed E-state index contributed by atoms with van der Waals surface area (Å²) in [4.78, 5) is 19.0. The second-order valence-electron chi connectivity index (χ2n) is 6.18. The average Bonchev–Trinajstić information content (AvgIpc) is 3.09. The van der Waals surface area contributed by atoms with E-state index in [1.165, 1.54) is 13.0 Å². The van der Waals surface area contributed by atoms with Crippen molar-refractivity contribution >= 4 is 16.9 Å². The summed E-state index contributed by atoms with van der Waals surface area (Å²) in [6.45, 7) is 3.28. The predicted molar refractivity (Wildman–Crippen MR) is 82.4 cm³/mol. The normalized spacial score (nSPS) is 26.8. The maximum Gasteiger partial charge on any atom is 0.270 e. The van der Waals surface area contributed by atoms with Crippen LogP contribution in [0, 0.1) is 18.3 Å². The first kappa shape index (κ1) is 13.4. The number of nitrogens with zero attached hydrogens (tertiary/aromatic N) is 2. The number of aromatic nitrogens is 1. The van der Waals surface area contributed by atoms with Crippen molar-refractivity contribution in [2.24, 2.45) is 5.92 Å². The van der Waals surface area contributed by atoms with E-state index in [4.69, 9.17) is 10.8 Å². The number of carbonyl (C=O) groups is 1. The molecule has 3 atom stereocenters. The van der Waals surface area contributed by atoms with Crippen LogP contribution in [0.5, 0.6) is 0 Å². The van der Waals surface area contributed by atoms with Crippen molar-refractivity contribution < 1.29 is 9.21 Å². The molecule has 2 bridgehead atoms. The van der Waals surface area contributed by atoms with Crippen molar-refractivity contribution in [3.63, 3.8) is 0 Å². The third-order valence-electron chi connectivity index (χ3n) is 4.58. The molecule has 22 heavy (non-hydrogen) atoms. The van der Waals surface area contributed by atoms with Crippen molar-refractivity contribution in [2.75, 3.05) is 19.6 Å². The van der Waals surface area contributed by atoms with Crippen LogP contribution >= 0.6 is 0 Å². The maximum absolute atomic E-state index is 12.4. The zero-order valence-electron chi connectivity index (χ0n) is 12.2. The van der Waals surface area contributed by atoms with Crippen LogP contribution in [-0.4, -0.2) is 41.5 Å². The quantitative estimate of drug-likeness (QED) is 0.856. The monoisotopic (exact) mass is 295 g/mol. The zero-order chi connectivity index (χ0) is 15.1.